The van der Waals surface area contributed by atoms with E-state index in [2.05, 4.69) is 36.0 Å². The number of carbonyl (C=O) groups excluding carboxylic acids is 1. The van der Waals surface area contributed by atoms with E-state index in [1.807, 2.05) is 26.0 Å². The molecule has 0 radical (unpaired) electrons. The SMILES string of the molecule is CC(=O)Oc1ccccc1CNc1nc(N[C@@H](CO)C(C)C)nc2nn[nH]c12. The summed E-state index contributed by atoms with van der Waals surface area (Å²) in [6.07, 6.45) is 0. The molecule has 0 fully saturated rings. The van der Waals surface area contributed by atoms with Gasteiger partial charge in [-0.2, -0.15) is 9.97 Å². The van der Waals surface area contributed by atoms with Gasteiger partial charge in [0, 0.05) is 19.0 Å². The fourth-order valence-electron chi connectivity index (χ4n) is 2.61. The van der Waals surface area contributed by atoms with Crippen LogP contribution in [0.15, 0.2) is 24.3 Å². The van der Waals surface area contributed by atoms with Crippen LogP contribution in [-0.4, -0.2) is 49.1 Å². The highest BCUT2D eigenvalue weighted by Gasteiger charge is 2.17. The van der Waals surface area contributed by atoms with E-state index in [9.17, 15) is 9.90 Å². The van der Waals surface area contributed by atoms with E-state index >= 15 is 0 Å². The summed E-state index contributed by atoms with van der Waals surface area (Å²) in [6.45, 7) is 5.66. The lowest BCUT2D eigenvalue weighted by atomic mass is 10.1. The standard InChI is InChI=1S/C18H23N7O3/c1-10(2)13(9-26)20-18-21-16(15-17(22-18)24-25-23-15)19-8-12-6-4-5-7-14(12)28-11(3)27/h4-7,10,13,26H,8-9H2,1-3H3,(H3,19,20,21,22,23,24,25)/t13-/m0/s1. The van der Waals surface area contributed by atoms with Crippen LogP contribution in [0.2, 0.25) is 0 Å². The zero-order valence-electron chi connectivity index (χ0n) is 15.9. The Morgan fingerprint density at radius 3 is 2.79 bits per heavy atom. The minimum absolute atomic E-state index is 0.0452. The number of aromatic nitrogens is 5. The molecule has 4 N–H and O–H groups in total. The number of H-pyrrole nitrogens is 1. The highest BCUT2D eigenvalue weighted by molar-refractivity contribution is 5.83. The van der Waals surface area contributed by atoms with Crippen LogP contribution in [0, 0.1) is 5.92 Å². The number of benzene rings is 1. The van der Waals surface area contributed by atoms with Gasteiger partial charge < -0.3 is 20.5 Å². The van der Waals surface area contributed by atoms with Gasteiger partial charge in [0.2, 0.25) is 11.6 Å². The zero-order chi connectivity index (χ0) is 20.1. The van der Waals surface area contributed by atoms with E-state index in [0.29, 0.717) is 35.2 Å². The number of aromatic amines is 1. The van der Waals surface area contributed by atoms with Crippen LogP contribution in [0.3, 0.4) is 0 Å². The second kappa shape index (κ2) is 8.61. The molecule has 0 saturated carbocycles. The number of rotatable bonds is 8. The quantitative estimate of drug-likeness (QED) is 0.337. The number of para-hydroxylation sites is 1. The molecule has 2 aromatic heterocycles. The molecule has 0 spiro atoms. The largest absolute Gasteiger partial charge is 0.426 e. The Morgan fingerprint density at radius 2 is 2.07 bits per heavy atom. The Kier molecular flexibility index (Phi) is 5.99. The van der Waals surface area contributed by atoms with E-state index in [-0.39, 0.29) is 24.5 Å². The molecule has 3 aromatic rings. The predicted octanol–water partition coefficient (Wildman–Crippen LogP) is 1.71. The fourth-order valence-corrected chi connectivity index (χ4v) is 2.61. The monoisotopic (exact) mass is 385 g/mol. The molecule has 10 nitrogen and oxygen atoms in total. The predicted molar refractivity (Wildman–Crippen MR) is 104 cm³/mol. The van der Waals surface area contributed by atoms with Crippen LogP contribution in [0.4, 0.5) is 11.8 Å². The first-order valence-electron chi connectivity index (χ1n) is 8.94. The summed E-state index contributed by atoms with van der Waals surface area (Å²) in [6, 6.07) is 7.05. The van der Waals surface area contributed by atoms with Crippen molar-refractivity contribution in [3.63, 3.8) is 0 Å². The molecule has 0 amide bonds. The maximum absolute atomic E-state index is 11.3. The van der Waals surface area contributed by atoms with Crippen molar-refractivity contribution in [3.8, 4) is 5.75 Å². The molecule has 0 aliphatic heterocycles. The summed E-state index contributed by atoms with van der Waals surface area (Å²) in [5.41, 5.74) is 1.75. The van der Waals surface area contributed by atoms with Gasteiger partial charge in [-0.1, -0.05) is 37.3 Å². The van der Waals surface area contributed by atoms with Gasteiger partial charge in [0.25, 0.3) is 0 Å². The van der Waals surface area contributed by atoms with Crippen LogP contribution >= 0.6 is 0 Å². The van der Waals surface area contributed by atoms with Crippen LogP contribution < -0.4 is 15.4 Å². The van der Waals surface area contributed by atoms with E-state index < -0.39 is 0 Å². The Balaban J connectivity index is 1.85. The second-order valence-electron chi connectivity index (χ2n) is 6.64. The molecular formula is C18H23N7O3. The number of nitrogens with zero attached hydrogens (tertiary/aromatic N) is 4. The van der Waals surface area contributed by atoms with Gasteiger partial charge in [-0.05, 0) is 12.0 Å². The molecule has 3 rings (SSSR count). The third-order valence-corrected chi connectivity index (χ3v) is 4.18. The first kappa shape index (κ1) is 19.5. The smallest absolute Gasteiger partial charge is 0.308 e. The highest BCUT2D eigenvalue weighted by atomic mass is 16.5. The number of hydrogen-bond donors (Lipinski definition) is 4. The lowest BCUT2D eigenvalue weighted by Gasteiger charge is -2.20. The third-order valence-electron chi connectivity index (χ3n) is 4.18. The minimum Gasteiger partial charge on any atom is -0.426 e. The second-order valence-corrected chi connectivity index (χ2v) is 6.64. The lowest BCUT2D eigenvalue weighted by Crippen LogP contribution is -2.30. The van der Waals surface area contributed by atoms with Gasteiger partial charge in [0.05, 0.1) is 12.6 Å². The molecule has 2 heterocycles. The summed E-state index contributed by atoms with van der Waals surface area (Å²) in [4.78, 5) is 20.1. The van der Waals surface area contributed by atoms with Gasteiger partial charge in [-0.15, -0.1) is 5.10 Å². The first-order valence-corrected chi connectivity index (χ1v) is 8.94. The van der Waals surface area contributed by atoms with Gasteiger partial charge in [0.1, 0.15) is 11.3 Å². The maximum Gasteiger partial charge on any atom is 0.308 e. The summed E-state index contributed by atoms with van der Waals surface area (Å²) < 4.78 is 5.24. The van der Waals surface area contributed by atoms with E-state index in [0.717, 1.165) is 5.56 Å². The third kappa shape index (κ3) is 4.52. The molecular weight excluding hydrogens is 362 g/mol. The zero-order valence-corrected chi connectivity index (χ0v) is 15.9. The highest BCUT2D eigenvalue weighted by Crippen LogP contribution is 2.23. The maximum atomic E-state index is 11.3. The van der Waals surface area contributed by atoms with E-state index in [1.54, 1.807) is 12.1 Å². The van der Waals surface area contributed by atoms with Gasteiger partial charge in [0.15, 0.2) is 5.82 Å². The Labute approximate surface area is 161 Å². The number of nitrogens with one attached hydrogen (secondary N) is 3. The summed E-state index contributed by atoms with van der Waals surface area (Å²) in [5.74, 6) is 1.12. The number of carbonyl (C=O) groups is 1. The van der Waals surface area contributed by atoms with Crippen molar-refractivity contribution >= 4 is 28.9 Å². The Hall–Kier alpha value is -3.27. The molecule has 1 aromatic carbocycles. The molecule has 0 saturated heterocycles. The number of esters is 1. The van der Waals surface area contributed by atoms with E-state index in [1.165, 1.54) is 6.92 Å². The summed E-state index contributed by atoms with van der Waals surface area (Å²) in [7, 11) is 0. The van der Waals surface area contributed by atoms with Gasteiger partial charge in [-0.3, -0.25) is 9.89 Å². The number of aliphatic hydroxyl groups is 1. The number of fused-ring (bicyclic) bond motifs is 1. The van der Waals surface area contributed by atoms with Crippen LogP contribution in [0.25, 0.3) is 11.2 Å². The van der Waals surface area contributed by atoms with Crippen LogP contribution in [-0.2, 0) is 11.3 Å². The number of ether oxygens (including phenoxy) is 1. The van der Waals surface area contributed by atoms with Crippen molar-refractivity contribution in [2.75, 3.05) is 17.2 Å². The van der Waals surface area contributed by atoms with Gasteiger partial charge >= 0.3 is 5.97 Å². The van der Waals surface area contributed by atoms with Gasteiger partial charge in [-0.25, -0.2) is 0 Å². The molecule has 0 aliphatic rings. The molecule has 10 heteroatoms. The van der Waals surface area contributed by atoms with Crippen molar-refractivity contribution in [1.82, 2.24) is 25.4 Å². The van der Waals surface area contributed by atoms with Crippen molar-refractivity contribution in [2.45, 2.75) is 33.4 Å². The summed E-state index contributed by atoms with van der Waals surface area (Å²) in [5, 5.41) is 26.4. The topological polar surface area (TPSA) is 138 Å². The summed E-state index contributed by atoms with van der Waals surface area (Å²) >= 11 is 0. The number of anilines is 2. The van der Waals surface area contributed by atoms with Crippen LogP contribution in [0.5, 0.6) is 5.75 Å². The van der Waals surface area contributed by atoms with Crippen molar-refractivity contribution in [2.24, 2.45) is 5.92 Å². The molecule has 0 unspecified atom stereocenters. The van der Waals surface area contributed by atoms with Crippen molar-refractivity contribution in [3.05, 3.63) is 29.8 Å². The average Bonchev–Trinajstić information content (AvgIpc) is 3.13. The van der Waals surface area contributed by atoms with Crippen molar-refractivity contribution in [1.29, 1.82) is 0 Å². The molecule has 0 bridgehead atoms. The first-order chi connectivity index (χ1) is 13.5. The van der Waals surface area contributed by atoms with E-state index in [4.69, 9.17) is 4.74 Å². The number of hydrogen-bond acceptors (Lipinski definition) is 9. The fraction of sp³-hybridized carbons (Fsp3) is 0.389. The van der Waals surface area contributed by atoms with Crippen LogP contribution in [0.1, 0.15) is 26.3 Å². The minimum atomic E-state index is -0.384. The van der Waals surface area contributed by atoms with Crippen molar-refractivity contribution < 1.29 is 14.6 Å². The molecule has 0 aliphatic carbocycles. The molecule has 1 atom stereocenters. The Morgan fingerprint density at radius 1 is 1.29 bits per heavy atom. The molecule has 148 valence electrons. The number of aliphatic hydroxyl groups excluding tert-OH is 1. The Bertz CT molecular complexity index is 957. The molecule has 28 heavy (non-hydrogen) atoms. The average molecular weight is 385 g/mol. The normalized spacial score (nSPS) is 12.2. The lowest BCUT2D eigenvalue weighted by molar-refractivity contribution is -0.131.